The van der Waals surface area contributed by atoms with E-state index >= 15 is 0 Å². The molecule has 6 nitrogen and oxygen atoms in total. The molecule has 2 saturated heterocycles. The number of Topliss-reactive ketones (excluding diaryl/α,β-unsaturated/α-hetero) is 1. The first-order valence-electron chi connectivity index (χ1n) is 7.92. The molecule has 2 heterocycles. The minimum Gasteiger partial charge on any atom is -0.480 e. The van der Waals surface area contributed by atoms with Gasteiger partial charge in [-0.1, -0.05) is 30.3 Å². The molecule has 0 saturated carbocycles. The Morgan fingerprint density at radius 2 is 2.09 bits per heavy atom. The predicted molar refractivity (Wildman–Crippen MR) is 84.0 cm³/mol. The second-order valence-corrected chi connectivity index (χ2v) is 6.37. The Morgan fingerprint density at radius 1 is 1.39 bits per heavy atom. The Balaban J connectivity index is 1.59. The van der Waals surface area contributed by atoms with Gasteiger partial charge in [-0.25, -0.2) is 0 Å². The van der Waals surface area contributed by atoms with Crippen molar-refractivity contribution in [1.82, 2.24) is 10.2 Å². The van der Waals surface area contributed by atoms with Crippen molar-refractivity contribution in [2.75, 3.05) is 19.6 Å². The lowest BCUT2D eigenvalue weighted by Crippen LogP contribution is -2.74. The molecule has 0 unspecified atom stereocenters. The van der Waals surface area contributed by atoms with Gasteiger partial charge >= 0.3 is 5.97 Å². The summed E-state index contributed by atoms with van der Waals surface area (Å²) >= 11 is 0. The first-order valence-corrected chi connectivity index (χ1v) is 7.92. The van der Waals surface area contributed by atoms with E-state index in [0.717, 1.165) is 5.56 Å². The van der Waals surface area contributed by atoms with Crippen molar-refractivity contribution in [3.63, 3.8) is 0 Å². The van der Waals surface area contributed by atoms with E-state index < -0.39 is 23.7 Å². The van der Waals surface area contributed by atoms with Crippen LogP contribution < -0.4 is 5.32 Å². The predicted octanol–water partition coefficient (Wildman–Crippen LogP) is 0.662. The largest absolute Gasteiger partial charge is 0.480 e. The number of aliphatic carboxylic acids is 1. The van der Waals surface area contributed by atoms with Crippen LogP contribution in [0.5, 0.6) is 0 Å². The highest BCUT2D eigenvalue weighted by molar-refractivity contribution is 5.92. The Hall–Kier alpha value is -1.76. The summed E-state index contributed by atoms with van der Waals surface area (Å²) in [6.07, 6.45) is 0.0765. The van der Waals surface area contributed by atoms with Crippen molar-refractivity contribution >= 4 is 11.8 Å². The average molecular weight is 318 g/mol. The van der Waals surface area contributed by atoms with Gasteiger partial charge in [0.15, 0.2) is 5.78 Å². The van der Waals surface area contributed by atoms with E-state index in [0.29, 0.717) is 32.7 Å². The number of nitrogens with one attached hydrogen (secondary N) is 1. The number of ether oxygens (including phenoxy) is 1. The van der Waals surface area contributed by atoms with Crippen molar-refractivity contribution < 1.29 is 19.4 Å². The van der Waals surface area contributed by atoms with Gasteiger partial charge in [0.1, 0.15) is 11.6 Å². The van der Waals surface area contributed by atoms with Crippen LogP contribution in [0.25, 0.3) is 0 Å². The third kappa shape index (κ3) is 3.15. The minimum atomic E-state index is -0.911. The van der Waals surface area contributed by atoms with E-state index in [4.69, 9.17) is 4.74 Å². The fourth-order valence-electron chi connectivity index (χ4n) is 3.43. The van der Waals surface area contributed by atoms with Crippen molar-refractivity contribution in [3.8, 4) is 0 Å². The molecule has 2 N–H and O–H groups in total. The van der Waals surface area contributed by atoms with Gasteiger partial charge in [0, 0.05) is 26.1 Å². The van der Waals surface area contributed by atoms with E-state index in [2.05, 4.69) is 5.32 Å². The number of hydrogen-bond donors (Lipinski definition) is 2. The number of ketones is 1. The van der Waals surface area contributed by atoms with E-state index in [-0.39, 0.29) is 5.78 Å². The topological polar surface area (TPSA) is 78.9 Å². The summed E-state index contributed by atoms with van der Waals surface area (Å²) in [4.78, 5) is 25.4. The van der Waals surface area contributed by atoms with Gasteiger partial charge in [0.2, 0.25) is 0 Å². The maximum atomic E-state index is 11.9. The number of likely N-dealkylation sites (tertiary alicyclic amines) is 1. The molecule has 0 aromatic heterocycles. The third-order valence-electron chi connectivity index (χ3n) is 4.74. The number of carboxylic acids is 1. The fraction of sp³-hybridized carbons (Fsp3) is 0.529. The molecule has 0 radical (unpaired) electrons. The van der Waals surface area contributed by atoms with Crippen LogP contribution in [0, 0.1) is 0 Å². The summed E-state index contributed by atoms with van der Waals surface area (Å²) in [5, 5.41) is 12.8. The second kappa shape index (κ2) is 6.39. The van der Waals surface area contributed by atoms with E-state index in [1.165, 1.54) is 0 Å². The SMILES string of the molecule is C[C@@H](OCc1ccccc1)[C@@H](C(=O)O)N1CC2(C1)NCCC2=O. The number of rotatable bonds is 6. The van der Waals surface area contributed by atoms with Gasteiger partial charge < -0.3 is 15.2 Å². The van der Waals surface area contributed by atoms with Gasteiger partial charge in [-0.15, -0.1) is 0 Å². The van der Waals surface area contributed by atoms with Gasteiger partial charge in [-0.05, 0) is 12.5 Å². The van der Waals surface area contributed by atoms with Crippen LogP contribution in [0.2, 0.25) is 0 Å². The third-order valence-corrected chi connectivity index (χ3v) is 4.74. The van der Waals surface area contributed by atoms with Crippen molar-refractivity contribution in [3.05, 3.63) is 35.9 Å². The zero-order valence-electron chi connectivity index (χ0n) is 13.2. The molecule has 0 aliphatic carbocycles. The molecule has 1 aromatic carbocycles. The lowest BCUT2D eigenvalue weighted by atomic mass is 9.85. The second-order valence-electron chi connectivity index (χ2n) is 6.37. The molecule has 3 rings (SSSR count). The van der Waals surface area contributed by atoms with Crippen LogP contribution >= 0.6 is 0 Å². The van der Waals surface area contributed by atoms with Gasteiger partial charge in [0.25, 0.3) is 0 Å². The Bertz CT molecular complexity index is 584. The zero-order valence-corrected chi connectivity index (χ0v) is 13.2. The molecule has 2 fully saturated rings. The van der Waals surface area contributed by atoms with Crippen LogP contribution in [-0.2, 0) is 20.9 Å². The molecule has 6 heteroatoms. The summed E-state index contributed by atoms with van der Waals surface area (Å²) in [6.45, 7) is 3.73. The summed E-state index contributed by atoms with van der Waals surface area (Å²) in [5.41, 5.74) is 0.489. The number of carbonyl (C=O) groups is 2. The maximum absolute atomic E-state index is 11.9. The Labute approximate surface area is 135 Å². The normalized spacial score (nSPS) is 22.7. The molecule has 2 aliphatic rings. The maximum Gasteiger partial charge on any atom is 0.323 e. The van der Waals surface area contributed by atoms with Gasteiger partial charge in [0.05, 0.1) is 12.7 Å². The van der Waals surface area contributed by atoms with Crippen molar-refractivity contribution in [2.45, 2.75) is 37.6 Å². The van der Waals surface area contributed by atoms with Gasteiger partial charge in [-0.3, -0.25) is 14.5 Å². The van der Waals surface area contributed by atoms with Crippen LogP contribution in [0.4, 0.5) is 0 Å². The highest BCUT2D eigenvalue weighted by atomic mass is 16.5. The molecular weight excluding hydrogens is 296 g/mol. The molecule has 0 bridgehead atoms. The van der Waals surface area contributed by atoms with Crippen LogP contribution in [0.1, 0.15) is 18.9 Å². The van der Waals surface area contributed by atoms with E-state index in [1.807, 2.05) is 35.2 Å². The summed E-state index contributed by atoms with van der Waals surface area (Å²) in [6, 6.07) is 8.94. The van der Waals surface area contributed by atoms with Crippen LogP contribution in [0.15, 0.2) is 30.3 Å². The lowest BCUT2D eigenvalue weighted by molar-refractivity contribution is -0.158. The lowest BCUT2D eigenvalue weighted by Gasteiger charge is -2.50. The number of carbonyl (C=O) groups excluding carboxylic acids is 1. The minimum absolute atomic E-state index is 0.191. The van der Waals surface area contributed by atoms with Crippen molar-refractivity contribution in [2.24, 2.45) is 0 Å². The van der Waals surface area contributed by atoms with Gasteiger partial charge in [-0.2, -0.15) is 0 Å². The van der Waals surface area contributed by atoms with Crippen LogP contribution in [0.3, 0.4) is 0 Å². The monoisotopic (exact) mass is 318 g/mol. The Morgan fingerprint density at radius 3 is 2.65 bits per heavy atom. The molecule has 23 heavy (non-hydrogen) atoms. The van der Waals surface area contributed by atoms with E-state index in [9.17, 15) is 14.7 Å². The zero-order chi connectivity index (χ0) is 16.4. The molecular formula is C17H22N2O4. The number of hydrogen-bond acceptors (Lipinski definition) is 5. The summed E-state index contributed by atoms with van der Waals surface area (Å²) in [5.74, 6) is -0.721. The van der Waals surface area contributed by atoms with Crippen molar-refractivity contribution in [1.29, 1.82) is 0 Å². The highest BCUT2D eigenvalue weighted by Crippen LogP contribution is 2.30. The Kier molecular flexibility index (Phi) is 4.48. The number of benzene rings is 1. The molecule has 2 aliphatic heterocycles. The standard InChI is InChI=1S/C17H22N2O4/c1-12(23-9-13-5-3-2-4-6-13)15(16(21)22)19-10-17(11-19)14(20)7-8-18-17/h2-6,12,15,18H,7-11H2,1H3,(H,21,22)/t12-,15+/m1/s1. The first-order chi connectivity index (χ1) is 11.0. The highest BCUT2D eigenvalue weighted by Gasteiger charge is 2.54. The fourth-order valence-corrected chi connectivity index (χ4v) is 3.43. The van der Waals surface area contributed by atoms with E-state index in [1.54, 1.807) is 6.92 Å². The molecule has 1 spiro atoms. The molecule has 1 aromatic rings. The molecule has 0 amide bonds. The first kappa shape index (κ1) is 16.1. The smallest absolute Gasteiger partial charge is 0.323 e. The van der Waals surface area contributed by atoms with Crippen LogP contribution in [-0.4, -0.2) is 59.1 Å². The quantitative estimate of drug-likeness (QED) is 0.802. The number of carboxylic acid groups (broad SMARTS) is 1. The molecule has 2 atom stereocenters. The molecule has 124 valence electrons. The summed E-state index contributed by atoms with van der Waals surface area (Å²) < 4.78 is 5.76. The summed E-state index contributed by atoms with van der Waals surface area (Å²) in [7, 11) is 0. The average Bonchev–Trinajstić information content (AvgIpc) is 2.87. The number of nitrogens with zero attached hydrogens (tertiary/aromatic N) is 1.